The van der Waals surface area contributed by atoms with Crippen molar-refractivity contribution in [2.45, 2.75) is 12.8 Å². The zero-order valence-corrected chi connectivity index (χ0v) is 15.7. The van der Waals surface area contributed by atoms with Crippen LogP contribution >= 0.6 is 11.6 Å². The highest BCUT2D eigenvalue weighted by molar-refractivity contribution is 6.30. The summed E-state index contributed by atoms with van der Waals surface area (Å²) in [6.07, 6.45) is 3.26. The van der Waals surface area contributed by atoms with E-state index in [-0.39, 0.29) is 5.91 Å². The number of anilines is 1. The van der Waals surface area contributed by atoms with Crippen molar-refractivity contribution in [3.63, 3.8) is 0 Å². The molecule has 3 rings (SSSR count). The summed E-state index contributed by atoms with van der Waals surface area (Å²) in [5.41, 5.74) is 2.93. The van der Waals surface area contributed by atoms with E-state index in [0.29, 0.717) is 17.1 Å². The maximum atomic E-state index is 12.2. The van der Waals surface area contributed by atoms with Gasteiger partial charge in [-0.15, -0.1) is 0 Å². The first kappa shape index (κ1) is 18.9. The Hall–Kier alpha value is -2.85. The second kappa shape index (κ2) is 9.74. The first-order valence-electron chi connectivity index (χ1n) is 8.97. The van der Waals surface area contributed by atoms with Gasteiger partial charge in [0.15, 0.2) is 0 Å². The Labute approximate surface area is 164 Å². The van der Waals surface area contributed by atoms with Crippen LogP contribution in [0.15, 0.2) is 72.9 Å². The molecule has 3 aromatic rings. The Bertz CT molecular complexity index is 866. The van der Waals surface area contributed by atoms with Crippen LogP contribution < -0.4 is 10.6 Å². The number of halogens is 1. The van der Waals surface area contributed by atoms with Crippen molar-refractivity contribution >= 4 is 23.3 Å². The van der Waals surface area contributed by atoms with Crippen molar-refractivity contribution in [1.29, 1.82) is 0 Å². The summed E-state index contributed by atoms with van der Waals surface area (Å²) < 4.78 is 0. The number of pyridine rings is 1. The van der Waals surface area contributed by atoms with E-state index in [1.165, 1.54) is 5.56 Å². The zero-order valence-electron chi connectivity index (χ0n) is 15.0. The first-order chi connectivity index (χ1) is 13.2. The molecule has 0 aliphatic carbocycles. The highest BCUT2D eigenvalue weighted by atomic mass is 35.5. The van der Waals surface area contributed by atoms with E-state index >= 15 is 0 Å². The quantitative estimate of drug-likeness (QED) is 0.611. The van der Waals surface area contributed by atoms with Gasteiger partial charge in [-0.2, -0.15) is 0 Å². The fourth-order valence-electron chi connectivity index (χ4n) is 2.73. The molecule has 1 heterocycles. The number of aromatic nitrogens is 1. The Morgan fingerprint density at radius 1 is 0.889 bits per heavy atom. The second-order valence-electron chi connectivity index (χ2n) is 6.23. The molecule has 27 heavy (non-hydrogen) atoms. The highest BCUT2D eigenvalue weighted by Crippen LogP contribution is 2.11. The van der Waals surface area contributed by atoms with Gasteiger partial charge in [-0.25, -0.2) is 4.98 Å². The maximum Gasteiger partial charge on any atom is 0.252 e. The van der Waals surface area contributed by atoms with Crippen molar-refractivity contribution in [3.8, 4) is 0 Å². The Kier molecular flexibility index (Phi) is 6.83. The summed E-state index contributed by atoms with van der Waals surface area (Å²) in [5, 5.41) is 6.89. The number of nitrogens with one attached hydrogen (secondary N) is 2. The highest BCUT2D eigenvalue weighted by Gasteiger charge is 2.06. The van der Waals surface area contributed by atoms with Crippen LogP contribution in [0.5, 0.6) is 0 Å². The van der Waals surface area contributed by atoms with E-state index in [1.54, 1.807) is 12.3 Å². The first-order valence-corrected chi connectivity index (χ1v) is 9.35. The minimum atomic E-state index is -0.125. The fourth-order valence-corrected chi connectivity index (χ4v) is 2.94. The van der Waals surface area contributed by atoms with Gasteiger partial charge in [0.1, 0.15) is 5.82 Å². The molecular weight excluding hydrogens is 358 g/mol. The lowest BCUT2D eigenvalue weighted by atomic mass is 10.1. The van der Waals surface area contributed by atoms with E-state index < -0.39 is 0 Å². The van der Waals surface area contributed by atoms with E-state index in [9.17, 15) is 4.79 Å². The molecule has 0 spiro atoms. The molecule has 0 atom stereocenters. The van der Waals surface area contributed by atoms with E-state index in [0.717, 1.165) is 30.8 Å². The lowest BCUT2D eigenvalue weighted by Gasteiger charge is -2.08. The molecule has 0 saturated carbocycles. The van der Waals surface area contributed by atoms with E-state index in [1.807, 2.05) is 48.5 Å². The lowest BCUT2D eigenvalue weighted by molar-refractivity contribution is 0.0954. The van der Waals surface area contributed by atoms with Crippen LogP contribution in [0.1, 0.15) is 21.5 Å². The molecular formula is C22H22ClN3O. The third kappa shape index (κ3) is 6.12. The average Bonchev–Trinajstić information content (AvgIpc) is 2.69. The molecule has 0 bridgehead atoms. The predicted molar refractivity (Wildman–Crippen MR) is 110 cm³/mol. The number of hydrogen-bond acceptors (Lipinski definition) is 3. The second-order valence-corrected chi connectivity index (χ2v) is 6.67. The largest absolute Gasteiger partial charge is 0.370 e. The Morgan fingerprint density at radius 3 is 2.41 bits per heavy atom. The molecule has 0 aliphatic heterocycles. The number of carbonyl (C=O) groups is 1. The third-order valence-corrected chi connectivity index (χ3v) is 4.41. The van der Waals surface area contributed by atoms with Crippen LogP contribution in [0.2, 0.25) is 5.02 Å². The SMILES string of the molecule is O=C(NCCc1cccc(Cl)c1)c1ccc(NCCc2ccccc2)nc1. The van der Waals surface area contributed by atoms with Gasteiger partial charge in [-0.3, -0.25) is 4.79 Å². The molecule has 4 nitrogen and oxygen atoms in total. The van der Waals surface area contributed by atoms with Crippen molar-refractivity contribution in [2.24, 2.45) is 0 Å². The molecule has 0 radical (unpaired) electrons. The summed E-state index contributed by atoms with van der Waals surface area (Å²) in [4.78, 5) is 16.5. The third-order valence-electron chi connectivity index (χ3n) is 4.18. The molecule has 1 aromatic heterocycles. The van der Waals surface area contributed by atoms with Crippen molar-refractivity contribution in [1.82, 2.24) is 10.3 Å². The van der Waals surface area contributed by atoms with Crippen LogP contribution in [0.3, 0.4) is 0 Å². The van der Waals surface area contributed by atoms with E-state index in [4.69, 9.17) is 11.6 Å². The summed E-state index contributed by atoms with van der Waals surface area (Å²) in [6.45, 7) is 1.35. The molecule has 5 heteroatoms. The van der Waals surface area contributed by atoms with Gasteiger partial charge in [0.25, 0.3) is 5.91 Å². The van der Waals surface area contributed by atoms with Gasteiger partial charge in [-0.1, -0.05) is 54.1 Å². The smallest absolute Gasteiger partial charge is 0.252 e. The minimum Gasteiger partial charge on any atom is -0.370 e. The summed E-state index contributed by atoms with van der Waals surface area (Å²) in [7, 11) is 0. The van der Waals surface area contributed by atoms with Crippen molar-refractivity contribution in [2.75, 3.05) is 18.4 Å². The van der Waals surface area contributed by atoms with Crippen LogP contribution in [-0.4, -0.2) is 24.0 Å². The Morgan fingerprint density at radius 2 is 1.67 bits per heavy atom. The fraction of sp³-hybridized carbons (Fsp3) is 0.182. The summed E-state index contributed by atoms with van der Waals surface area (Å²) in [6, 6.07) is 21.6. The molecule has 2 N–H and O–H groups in total. The standard InChI is InChI=1S/C22H22ClN3O/c23-20-8-4-7-18(15-20)12-14-25-22(27)19-9-10-21(26-16-19)24-13-11-17-5-2-1-3-6-17/h1-10,15-16H,11-14H2,(H,24,26)(H,25,27). The molecule has 1 amide bonds. The van der Waals surface area contributed by atoms with Gasteiger partial charge in [0, 0.05) is 24.3 Å². The predicted octanol–water partition coefficient (Wildman–Crippen LogP) is 4.36. The summed E-state index contributed by atoms with van der Waals surface area (Å²) >= 11 is 5.97. The number of nitrogens with zero attached hydrogens (tertiary/aromatic N) is 1. The van der Waals surface area contributed by atoms with Gasteiger partial charge < -0.3 is 10.6 Å². The van der Waals surface area contributed by atoms with Gasteiger partial charge in [0.2, 0.25) is 0 Å². The van der Waals surface area contributed by atoms with Gasteiger partial charge in [0.05, 0.1) is 5.56 Å². The van der Waals surface area contributed by atoms with Crippen LogP contribution in [0.25, 0.3) is 0 Å². The zero-order chi connectivity index (χ0) is 18.9. The topological polar surface area (TPSA) is 54.0 Å². The van der Waals surface area contributed by atoms with E-state index in [2.05, 4.69) is 27.8 Å². The number of hydrogen-bond donors (Lipinski definition) is 2. The average molecular weight is 380 g/mol. The molecule has 0 unspecified atom stereocenters. The molecule has 0 aliphatic rings. The van der Waals surface area contributed by atoms with Crippen molar-refractivity contribution < 1.29 is 4.79 Å². The number of carbonyl (C=O) groups excluding carboxylic acids is 1. The Balaban J connectivity index is 1.43. The van der Waals surface area contributed by atoms with Crippen molar-refractivity contribution in [3.05, 3.63) is 94.6 Å². The molecule has 0 fully saturated rings. The monoisotopic (exact) mass is 379 g/mol. The number of amides is 1. The molecule has 138 valence electrons. The lowest BCUT2D eigenvalue weighted by Crippen LogP contribution is -2.25. The minimum absolute atomic E-state index is 0.125. The number of rotatable bonds is 8. The van der Waals surface area contributed by atoms with Crippen LogP contribution in [0.4, 0.5) is 5.82 Å². The number of benzene rings is 2. The van der Waals surface area contributed by atoms with Gasteiger partial charge >= 0.3 is 0 Å². The van der Waals surface area contributed by atoms with Crippen LogP contribution in [-0.2, 0) is 12.8 Å². The van der Waals surface area contributed by atoms with Gasteiger partial charge in [-0.05, 0) is 48.2 Å². The van der Waals surface area contributed by atoms with Crippen LogP contribution in [0, 0.1) is 0 Å². The molecule has 2 aromatic carbocycles. The summed E-state index contributed by atoms with van der Waals surface area (Å²) in [5.74, 6) is 0.641. The maximum absolute atomic E-state index is 12.2. The molecule has 0 saturated heterocycles. The normalized spacial score (nSPS) is 10.4.